The van der Waals surface area contributed by atoms with Gasteiger partial charge in [-0.3, -0.25) is 0 Å². The van der Waals surface area contributed by atoms with Crippen LogP contribution in [0.25, 0.3) is 0 Å². The Balaban J connectivity index is 2.30. The standard InChI is InChI=1S/C14H19Cl2NO3S/c1-17(8-10-4-2-3-5-10)21(19,20)13-7-6-12(15)11(9-18)14(13)16/h6-7,10,18H,2-5,8-9H2,1H3. The van der Waals surface area contributed by atoms with Crippen molar-refractivity contribution in [3.05, 3.63) is 27.7 Å². The van der Waals surface area contributed by atoms with Gasteiger partial charge in [0.1, 0.15) is 4.90 Å². The van der Waals surface area contributed by atoms with Crippen LogP contribution in [0.1, 0.15) is 31.2 Å². The lowest BCUT2D eigenvalue weighted by atomic mass is 10.1. The Labute approximate surface area is 135 Å². The van der Waals surface area contributed by atoms with Crippen LogP contribution in [0.5, 0.6) is 0 Å². The molecule has 21 heavy (non-hydrogen) atoms. The summed E-state index contributed by atoms with van der Waals surface area (Å²) in [5, 5.41) is 9.55. The summed E-state index contributed by atoms with van der Waals surface area (Å²) in [5.41, 5.74) is 0.244. The van der Waals surface area contributed by atoms with Gasteiger partial charge in [-0.05, 0) is 30.9 Å². The van der Waals surface area contributed by atoms with E-state index in [1.807, 2.05) is 0 Å². The molecular weight excluding hydrogens is 333 g/mol. The average molecular weight is 352 g/mol. The summed E-state index contributed by atoms with van der Waals surface area (Å²) < 4.78 is 26.6. The number of aliphatic hydroxyl groups excluding tert-OH is 1. The third kappa shape index (κ3) is 3.54. The highest BCUT2D eigenvalue weighted by Gasteiger charge is 2.28. The Morgan fingerprint density at radius 3 is 2.48 bits per heavy atom. The van der Waals surface area contributed by atoms with Crippen molar-refractivity contribution in [3.8, 4) is 0 Å². The lowest BCUT2D eigenvalue weighted by molar-refractivity contribution is 0.281. The predicted octanol–water partition coefficient (Wildman–Crippen LogP) is 3.30. The first kappa shape index (κ1) is 17.0. The summed E-state index contributed by atoms with van der Waals surface area (Å²) in [6.45, 7) is 0.100. The quantitative estimate of drug-likeness (QED) is 0.885. The highest BCUT2D eigenvalue weighted by atomic mass is 35.5. The van der Waals surface area contributed by atoms with Crippen LogP contribution >= 0.6 is 23.2 Å². The fourth-order valence-corrected chi connectivity index (χ4v) is 4.86. The van der Waals surface area contributed by atoms with E-state index in [-0.39, 0.29) is 20.5 Å². The molecule has 4 nitrogen and oxygen atoms in total. The van der Waals surface area contributed by atoms with E-state index in [1.165, 1.54) is 16.4 Å². The van der Waals surface area contributed by atoms with Crippen LogP contribution in [0.15, 0.2) is 17.0 Å². The van der Waals surface area contributed by atoms with Gasteiger partial charge in [-0.1, -0.05) is 36.0 Å². The van der Waals surface area contributed by atoms with Crippen molar-refractivity contribution >= 4 is 33.2 Å². The van der Waals surface area contributed by atoms with Gasteiger partial charge in [0, 0.05) is 24.2 Å². The van der Waals surface area contributed by atoms with Crippen molar-refractivity contribution in [1.29, 1.82) is 0 Å². The lowest BCUT2D eigenvalue weighted by Crippen LogP contribution is -2.31. The molecule has 1 aromatic rings. The minimum absolute atomic E-state index is 0.00175. The first-order chi connectivity index (χ1) is 9.87. The topological polar surface area (TPSA) is 57.6 Å². The SMILES string of the molecule is CN(CC1CCCC1)S(=O)(=O)c1ccc(Cl)c(CO)c1Cl. The van der Waals surface area contributed by atoms with E-state index in [0.29, 0.717) is 12.5 Å². The Hall–Kier alpha value is -0.330. The molecule has 2 rings (SSSR count). The maximum absolute atomic E-state index is 12.6. The smallest absolute Gasteiger partial charge is 0.244 e. The Morgan fingerprint density at radius 1 is 1.29 bits per heavy atom. The van der Waals surface area contributed by atoms with E-state index >= 15 is 0 Å². The van der Waals surface area contributed by atoms with E-state index in [0.717, 1.165) is 25.7 Å². The van der Waals surface area contributed by atoms with Gasteiger partial charge in [0.15, 0.2) is 0 Å². The zero-order valence-corrected chi connectivity index (χ0v) is 14.2. The maximum Gasteiger partial charge on any atom is 0.244 e. The molecule has 0 heterocycles. The second kappa shape index (κ2) is 6.84. The van der Waals surface area contributed by atoms with Crippen LogP contribution in [0, 0.1) is 5.92 Å². The molecule has 1 N–H and O–H groups in total. The van der Waals surface area contributed by atoms with Gasteiger partial charge in [0.25, 0.3) is 0 Å². The minimum Gasteiger partial charge on any atom is -0.392 e. The van der Waals surface area contributed by atoms with Gasteiger partial charge in [0.2, 0.25) is 10.0 Å². The number of hydrogen-bond donors (Lipinski definition) is 1. The fourth-order valence-electron chi connectivity index (χ4n) is 2.74. The second-order valence-corrected chi connectivity index (χ2v) is 8.23. The monoisotopic (exact) mass is 351 g/mol. The van der Waals surface area contributed by atoms with Crippen molar-refractivity contribution in [2.75, 3.05) is 13.6 Å². The molecule has 0 atom stereocenters. The van der Waals surface area contributed by atoms with E-state index in [1.54, 1.807) is 7.05 Å². The summed E-state index contributed by atoms with van der Waals surface area (Å²) in [5.74, 6) is 0.410. The van der Waals surface area contributed by atoms with E-state index < -0.39 is 16.6 Å². The summed E-state index contributed by atoms with van der Waals surface area (Å²) >= 11 is 12.0. The first-order valence-electron chi connectivity index (χ1n) is 6.92. The average Bonchev–Trinajstić information content (AvgIpc) is 2.91. The Morgan fingerprint density at radius 2 is 1.90 bits per heavy atom. The highest BCUT2D eigenvalue weighted by molar-refractivity contribution is 7.89. The van der Waals surface area contributed by atoms with Gasteiger partial charge in [0.05, 0.1) is 11.6 Å². The van der Waals surface area contributed by atoms with Crippen molar-refractivity contribution in [2.45, 2.75) is 37.2 Å². The van der Waals surface area contributed by atoms with Crippen LogP contribution in [0.4, 0.5) is 0 Å². The van der Waals surface area contributed by atoms with E-state index in [4.69, 9.17) is 23.2 Å². The van der Waals surface area contributed by atoms with Gasteiger partial charge in [-0.15, -0.1) is 0 Å². The summed E-state index contributed by atoms with van der Waals surface area (Å²) in [7, 11) is -2.11. The number of rotatable bonds is 5. The number of halogens is 2. The minimum atomic E-state index is -3.67. The third-order valence-corrected chi connectivity index (χ3v) is 6.75. The molecule has 0 unspecified atom stereocenters. The van der Waals surface area contributed by atoms with Crippen molar-refractivity contribution < 1.29 is 13.5 Å². The largest absolute Gasteiger partial charge is 0.392 e. The molecule has 0 aromatic heterocycles. The first-order valence-corrected chi connectivity index (χ1v) is 9.11. The normalized spacial score (nSPS) is 16.8. The zero-order valence-electron chi connectivity index (χ0n) is 11.8. The highest BCUT2D eigenvalue weighted by Crippen LogP contribution is 2.33. The molecule has 7 heteroatoms. The van der Waals surface area contributed by atoms with Gasteiger partial charge in [-0.2, -0.15) is 0 Å². The van der Waals surface area contributed by atoms with Crippen molar-refractivity contribution in [2.24, 2.45) is 5.92 Å². The van der Waals surface area contributed by atoms with Crippen LogP contribution in [0.3, 0.4) is 0 Å². The Kier molecular flexibility index (Phi) is 5.54. The lowest BCUT2D eigenvalue weighted by Gasteiger charge is -2.22. The van der Waals surface area contributed by atoms with E-state index in [2.05, 4.69) is 0 Å². The summed E-state index contributed by atoms with van der Waals surface area (Å²) in [6, 6.07) is 2.85. The molecule has 1 saturated carbocycles. The maximum atomic E-state index is 12.6. The molecule has 0 amide bonds. The zero-order chi connectivity index (χ0) is 15.6. The molecule has 1 aliphatic rings. The second-order valence-electron chi connectivity index (χ2n) is 5.43. The number of nitrogens with zero attached hydrogens (tertiary/aromatic N) is 1. The Bertz CT molecular complexity index is 613. The van der Waals surface area contributed by atoms with Crippen LogP contribution in [0.2, 0.25) is 10.0 Å². The number of aliphatic hydroxyl groups is 1. The molecule has 118 valence electrons. The molecule has 0 radical (unpaired) electrons. The molecule has 1 fully saturated rings. The molecule has 0 spiro atoms. The van der Waals surface area contributed by atoms with Gasteiger partial charge < -0.3 is 5.11 Å². The molecule has 0 aliphatic heterocycles. The van der Waals surface area contributed by atoms with Crippen molar-refractivity contribution in [1.82, 2.24) is 4.31 Å². The van der Waals surface area contributed by atoms with Gasteiger partial charge >= 0.3 is 0 Å². The number of sulfonamides is 1. The van der Waals surface area contributed by atoms with E-state index in [9.17, 15) is 13.5 Å². The summed E-state index contributed by atoms with van der Waals surface area (Å²) in [4.78, 5) is -0.00175. The fraction of sp³-hybridized carbons (Fsp3) is 0.571. The van der Waals surface area contributed by atoms with Crippen LogP contribution in [-0.2, 0) is 16.6 Å². The number of hydrogen-bond acceptors (Lipinski definition) is 3. The molecule has 1 aliphatic carbocycles. The predicted molar refractivity (Wildman–Crippen MR) is 84.2 cm³/mol. The third-order valence-electron chi connectivity index (χ3n) is 3.99. The van der Waals surface area contributed by atoms with Crippen LogP contribution in [-0.4, -0.2) is 31.4 Å². The number of benzene rings is 1. The molecule has 0 saturated heterocycles. The molecule has 0 bridgehead atoms. The van der Waals surface area contributed by atoms with Crippen molar-refractivity contribution in [3.63, 3.8) is 0 Å². The molecule has 1 aromatic carbocycles. The molecular formula is C14H19Cl2NO3S. The van der Waals surface area contributed by atoms with Gasteiger partial charge in [-0.25, -0.2) is 12.7 Å². The van der Waals surface area contributed by atoms with Crippen LogP contribution < -0.4 is 0 Å². The summed E-state index contributed by atoms with van der Waals surface area (Å²) in [6.07, 6.45) is 4.45.